The molecule has 0 saturated heterocycles. The van der Waals surface area contributed by atoms with Crippen molar-refractivity contribution >= 4 is 5.69 Å². The SMILES string of the molecule is CCc1nc(-c2ccc(N)c(C)c2)n[nH]1. The largest absolute Gasteiger partial charge is 0.399 e. The number of hydrogen-bond donors (Lipinski definition) is 2. The Hall–Kier alpha value is -1.84. The lowest BCUT2D eigenvalue weighted by Crippen LogP contribution is -1.90. The van der Waals surface area contributed by atoms with Crippen LogP contribution in [0.25, 0.3) is 11.4 Å². The highest BCUT2D eigenvalue weighted by Crippen LogP contribution is 2.20. The Morgan fingerprint density at radius 2 is 2.20 bits per heavy atom. The minimum Gasteiger partial charge on any atom is -0.399 e. The average Bonchev–Trinajstić information content (AvgIpc) is 2.70. The first-order chi connectivity index (χ1) is 7.20. The molecule has 0 atom stereocenters. The zero-order valence-electron chi connectivity index (χ0n) is 8.91. The second kappa shape index (κ2) is 3.73. The molecule has 4 nitrogen and oxygen atoms in total. The highest BCUT2D eigenvalue weighted by Gasteiger charge is 2.05. The summed E-state index contributed by atoms with van der Waals surface area (Å²) >= 11 is 0. The van der Waals surface area contributed by atoms with Gasteiger partial charge in [0.05, 0.1) is 0 Å². The number of benzene rings is 1. The first kappa shape index (κ1) is 9.71. The summed E-state index contributed by atoms with van der Waals surface area (Å²) in [6.45, 7) is 4.02. The van der Waals surface area contributed by atoms with E-state index in [4.69, 9.17) is 5.73 Å². The molecule has 2 aromatic rings. The molecule has 0 spiro atoms. The number of nitrogen functional groups attached to an aromatic ring is 1. The Bertz CT molecular complexity index is 473. The Kier molecular flexibility index (Phi) is 2.41. The van der Waals surface area contributed by atoms with E-state index in [1.54, 1.807) is 0 Å². The first-order valence-corrected chi connectivity index (χ1v) is 4.98. The van der Waals surface area contributed by atoms with Gasteiger partial charge in [0.2, 0.25) is 0 Å². The Balaban J connectivity index is 2.40. The lowest BCUT2D eigenvalue weighted by molar-refractivity contribution is 0.946. The fourth-order valence-corrected chi connectivity index (χ4v) is 1.40. The molecule has 0 aliphatic carbocycles. The van der Waals surface area contributed by atoms with Crippen LogP contribution >= 0.6 is 0 Å². The van der Waals surface area contributed by atoms with E-state index < -0.39 is 0 Å². The van der Waals surface area contributed by atoms with E-state index in [0.29, 0.717) is 0 Å². The van der Waals surface area contributed by atoms with Gasteiger partial charge in [-0.3, -0.25) is 5.10 Å². The topological polar surface area (TPSA) is 67.6 Å². The average molecular weight is 202 g/mol. The van der Waals surface area contributed by atoms with Gasteiger partial charge in [-0.2, -0.15) is 5.10 Å². The van der Waals surface area contributed by atoms with Gasteiger partial charge in [0.15, 0.2) is 5.82 Å². The zero-order chi connectivity index (χ0) is 10.8. The molecule has 0 aliphatic heterocycles. The van der Waals surface area contributed by atoms with Gasteiger partial charge >= 0.3 is 0 Å². The van der Waals surface area contributed by atoms with E-state index in [1.165, 1.54) is 0 Å². The van der Waals surface area contributed by atoms with Crippen LogP contribution in [0.3, 0.4) is 0 Å². The number of aryl methyl sites for hydroxylation is 2. The van der Waals surface area contributed by atoms with Crippen LogP contribution < -0.4 is 5.73 Å². The van der Waals surface area contributed by atoms with E-state index in [0.717, 1.165) is 34.9 Å². The number of hydrogen-bond acceptors (Lipinski definition) is 3. The van der Waals surface area contributed by atoms with Gasteiger partial charge in [-0.25, -0.2) is 4.98 Å². The third-order valence-electron chi connectivity index (χ3n) is 2.39. The number of nitrogens with two attached hydrogens (primary N) is 1. The van der Waals surface area contributed by atoms with E-state index in [1.807, 2.05) is 32.0 Å². The monoisotopic (exact) mass is 202 g/mol. The van der Waals surface area contributed by atoms with Gasteiger partial charge in [-0.1, -0.05) is 6.92 Å². The molecule has 4 heteroatoms. The van der Waals surface area contributed by atoms with E-state index in [2.05, 4.69) is 15.2 Å². The van der Waals surface area contributed by atoms with E-state index >= 15 is 0 Å². The quantitative estimate of drug-likeness (QED) is 0.731. The van der Waals surface area contributed by atoms with Crippen molar-refractivity contribution in [3.05, 3.63) is 29.6 Å². The second-order valence-electron chi connectivity index (χ2n) is 3.53. The maximum absolute atomic E-state index is 5.75. The molecule has 0 unspecified atom stereocenters. The molecule has 15 heavy (non-hydrogen) atoms. The lowest BCUT2D eigenvalue weighted by atomic mass is 10.1. The predicted octanol–water partition coefficient (Wildman–Crippen LogP) is 1.92. The van der Waals surface area contributed by atoms with Crippen molar-refractivity contribution in [3.8, 4) is 11.4 Å². The van der Waals surface area contributed by atoms with Crippen LogP contribution in [0.5, 0.6) is 0 Å². The number of H-pyrrole nitrogens is 1. The Morgan fingerprint density at radius 1 is 1.40 bits per heavy atom. The first-order valence-electron chi connectivity index (χ1n) is 4.98. The molecule has 2 rings (SSSR count). The molecule has 78 valence electrons. The third kappa shape index (κ3) is 1.83. The molecule has 1 aromatic carbocycles. The number of rotatable bonds is 2. The highest BCUT2D eigenvalue weighted by molar-refractivity contribution is 5.61. The summed E-state index contributed by atoms with van der Waals surface area (Å²) in [5, 5.41) is 7.05. The Labute approximate surface area is 88.5 Å². The minimum atomic E-state index is 0.731. The van der Waals surface area contributed by atoms with Crippen molar-refractivity contribution in [2.45, 2.75) is 20.3 Å². The fourth-order valence-electron chi connectivity index (χ4n) is 1.40. The number of nitrogens with one attached hydrogen (secondary N) is 1. The fraction of sp³-hybridized carbons (Fsp3) is 0.273. The number of nitrogens with zero attached hydrogens (tertiary/aromatic N) is 2. The van der Waals surface area contributed by atoms with Crippen LogP contribution in [0.4, 0.5) is 5.69 Å². The van der Waals surface area contributed by atoms with Crippen LogP contribution in [0.2, 0.25) is 0 Å². The van der Waals surface area contributed by atoms with Gasteiger partial charge in [0.25, 0.3) is 0 Å². The zero-order valence-corrected chi connectivity index (χ0v) is 8.91. The molecular formula is C11H14N4. The molecule has 0 bridgehead atoms. The standard InChI is InChI=1S/C11H14N4/c1-3-10-13-11(15-14-10)8-4-5-9(12)7(2)6-8/h4-6H,3,12H2,1-2H3,(H,13,14,15). The van der Waals surface area contributed by atoms with Crippen LogP contribution in [0.1, 0.15) is 18.3 Å². The van der Waals surface area contributed by atoms with Crippen LogP contribution in [0.15, 0.2) is 18.2 Å². The van der Waals surface area contributed by atoms with Crippen LogP contribution in [-0.2, 0) is 6.42 Å². The molecule has 0 saturated carbocycles. The summed E-state index contributed by atoms with van der Waals surface area (Å²) in [6.07, 6.45) is 0.862. The van der Waals surface area contributed by atoms with Gasteiger partial charge in [-0.05, 0) is 30.7 Å². The maximum atomic E-state index is 5.75. The number of aromatic nitrogens is 3. The minimum absolute atomic E-state index is 0.731. The summed E-state index contributed by atoms with van der Waals surface area (Å²) in [5.41, 5.74) is 8.59. The van der Waals surface area contributed by atoms with Crippen molar-refractivity contribution in [1.29, 1.82) is 0 Å². The Morgan fingerprint density at radius 3 is 2.80 bits per heavy atom. The number of anilines is 1. The molecular weight excluding hydrogens is 188 g/mol. The van der Waals surface area contributed by atoms with Gasteiger partial charge in [0, 0.05) is 17.7 Å². The normalized spacial score (nSPS) is 10.5. The van der Waals surface area contributed by atoms with Crippen molar-refractivity contribution in [2.75, 3.05) is 5.73 Å². The lowest BCUT2D eigenvalue weighted by Gasteiger charge is -2.00. The molecule has 0 radical (unpaired) electrons. The smallest absolute Gasteiger partial charge is 0.181 e. The van der Waals surface area contributed by atoms with Crippen molar-refractivity contribution in [1.82, 2.24) is 15.2 Å². The highest BCUT2D eigenvalue weighted by atomic mass is 15.2. The van der Waals surface area contributed by atoms with Crippen LogP contribution in [0, 0.1) is 6.92 Å². The van der Waals surface area contributed by atoms with Gasteiger partial charge < -0.3 is 5.73 Å². The third-order valence-corrected chi connectivity index (χ3v) is 2.39. The van der Waals surface area contributed by atoms with Crippen LogP contribution in [-0.4, -0.2) is 15.2 Å². The molecule has 0 amide bonds. The van der Waals surface area contributed by atoms with E-state index in [-0.39, 0.29) is 0 Å². The molecule has 1 aromatic heterocycles. The van der Waals surface area contributed by atoms with Crippen molar-refractivity contribution < 1.29 is 0 Å². The maximum Gasteiger partial charge on any atom is 0.181 e. The summed E-state index contributed by atoms with van der Waals surface area (Å²) in [7, 11) is 0. The summed E-state index contributed by atoms with van der Waals surface area (Å²) in [6, 6.07) is 5.82. The molecule has 0 fully saturated rings. The molecule has 3 N–H and O–H groups in total. The van der Waals surface area contributed by atoms with Gasteiger partial charge in [0.1, 0.15) is 5.82 Å². The second-order valence-corrected chi connectivity index (χ2v) is 3.53. The van der Waals surface area contributed by atoms with Crippen molar-refractivity contribution in [3.63, 3.8) is 0 Å². The predicted molar refractivity (Wildman–Crippen MR) is 60.3 cm³/mol. The number of aromatic amines is 1. The van der Waals surface area contributed by atoms with E-state index in [9.17, 15) is 0 Å². The summed E-state index contributed by atoms with van der Waals surface area (Å²) in [4.78, 5) is 4.36. The summed E-state index contributed by atoms with van der Waals surface area (Å²) < 4.78 is 0. The molecule has 1 heterocycles. The van der Waals surface area contributed by atoms with Gasteiger partial charge in [-0.15, -0.1) is 0 Å². The summed E-state index contributed by atoms with van der Waals surface area (Å²) in [5.74, 6) is 1.63. The molecule has 0 aliphatic rings. The van der Waals surface area contributed by atoms with Crippen molar-refractivity contribution in [2.24, 2.45) is 0 Å².